The van der Waals surface area contributed by atoms with Crippen LogP contribution in [0.4, 0.5) is 0 Å². The van der Waals surface area contributed by atoms with Crippen LogP contribution in [0, 0.1) is 11.8 Å². The molecule has 5 heteroatoms. The molecule has 0 aromatic carbocycles. The molecule has 1 aliphatic heterocycles. The molecule has 0 aromatic heterocycles. The molecule has 1 amide bonds. The summed E-state index contributed by atoms with van der Waals surface area (Å²) in [6.07, 6.45) is 5.01. The number of carbonyl (C=O) groups excluding carboxylic acids is 2. The van der Waals surface area contributed by atoms with Crippen molar-refractivity contribution in [1.29, 1.82) is 0 Å². The van der Waals surface area contributed by atoms with Gasteiger partial charge >= 0.3 is 5.97 Å². The van der Waals surface area contributed by atoms with Crippen LogP contribution in [0.15, 0.2) is 0 Å². The zero-order valence-electron chi connectivity index (χ0n) is 11.6. The fraction of sp³-hybridized carbons (Fsp3) is 0.857. The summed E-state index contributed by atoms with van der Waals surface area (Å²) in [7, 11) is 0. The molecule has 0 unspecified atom stereocenters. The van der Waals surface area contributed by atoms with Gasteiger partial charge in [-0.3, -0.25) is 4.79 Å². The number of rotatable bonds is 6. The van der Waals surface area contributed by atoms with E-state index in [1.165, 1.54) is 12.8 Å². The summed E-state index contributed by atoms with van der Waals surface area (Å²) >= 11 is 0. The minimum Gasteiger partial charge on any atom is -0.464 e. The van der Waals surface area contributed by atoms with Crippen LogP contribution in [0.25, 0.3) is 0 Å². The summed E-state index contributed by atoms with van der Waals surface area (Å²) < 4.78 is 11.0. The lowest BCUT2D eigenvalue weighted by molar-refractivity contribution is -0.151. The molecule has 2 aliphatic rings. The average molecular weight is 269 g/mol. The maximum atomic E-state index is 11.9. The number of amides is 1. The van der Waals surface area contributed by atoms with Crippen LogP contribution in [0.1, 0.15) is 39.5 Å². The molecule has 0 radical (unpaired) electrons. The van der Waals surface area contributed by atoms with Crippen LogP contribution in [0.2, 0.25) is 0 Å². The van der Waals surface area contributed by atoms with Crippen molar-refractivity contribution in [2.24, 2.45) is 11.8 Å². The normalized spacial score (nSPS) is 32.4. The molecule has 1 N–H and O–H groups in total. The largest absolute Gasteiger partial charge is 0.464 e. The summed E-state index contributed by atoms with van der Waals surface area (Å²) in [5.74, 6) is 0.422. The third-order valence-corrected chi connectivity index (χ3v) is 3.98. The van der Waals surface area contributed by atoms with Crippen molar-refractivity contribution in [1.82, 2.24) is 5.32 Å². The number of esters is 1. The van der Waals surface area contributed by atoms with E-state index in [0.29, 0.717) is 18.9 Å². The lowest BCUT2D eigenvalue weighted by Crippen LogP contribution is -2.48. The van der Waals surface area contributed by atoms with Crippen molar-refractivity contribution in [2.45, 2.75) is 57.8 Å². The molecule has 1 aliphatic carbocycles. The molecule has 0 bridgehead atoms. The van der Waals surface area contributed by atoms with E-state index in [0.717, 1.165) is 12.8 Å². The van der Waals surface area contributed by atoms with Gasteiger partial charge in [0.05, 0.1) is 18.8 Å². The van der Waals surface area contributed by atoms with Crippen molar-refractivity contribution < 1.29 is 19.1 Å². The molecule has 0 aromatic rings. The van der Waals surface area contributed by atoms with E-state index < -0.39 is 6.04 Å². The Bertz CT molecular complexity index is 329. The van der Waals surface area contributed by atoms with Crippen LogP contribution >= 0.6 is 0 Å². The molecule has 2 fully saturated rings. The monoisotopic (exact) mass is 269 g/mol. The smallest absolute Gasteiger partial charge is 0.328 e. The molecular weight excluding hydrogens is 246 g/mol. The summed E-state index contributed by atoms with van der Waals surface area (Å²) in [5.41, 5.74) is 0. The van der Waals surface area contributed by atoms with Gasteiger partial charge in [-0.05, 0) is 51.4 Å². The molecule has 108 valence electrons. The van der Waals surface area contributed by atoms with Crippen LogP contribution in [-0.2, 0) is 19.1 Å². The fourth-order valence-corrected chi connectivity index (χ4v) is 2.98. The molecular formula is C14H23NO4. The van der Waals surface area contributed by atoms with Gasteiger partial charge < -0.3 is 14.8 Å². The predicted octanol–water partition coefficient (Wildman–Crippen LogP) is 1.26. The summed E-state index contributed by atoms with van der Waals surface area (Å²) in [6.45, 7) is 4.14. The van der Waals surface area contributed by atoms with Gasteiger partial charge in [0.1, 0.15) is 6.04 Å². The zero-order chi connectivity index (χ0) is 13.8. The quantitative estimate of drug-likeness (QED) is 0.582. The van der Waals surface area contributed by atoms with Crippen LogP contribution < -0.4 is 5.32 Å². The number of hydrogen-bond donors (Lipinski definition) is 1. The van der Waals surface area contributed by atoms with Crippen molar-refractivity contribution in [2.75, 3.05) is 6.61 Å². The molecule has 1 saturated heterocycles. The number of carbonyl (C=O) groups is 2. The van der Waals surface area contributed by atoms with Crippen LogP contribution in [0.5, 0.6) is 0 Å². The Morgan fingerprint density at radius 2 is 2.21 bits per heavy atom. The Balaban J connectivity index is 2.01. The Labute approximate surface area is 114 Å². The first-order valence-electron chi connectivity index (χ1n) is 7.17. The van der Waals surface area contributed by atoms with Gasteiger partial charge in [-0.1, -0.05) is 0 Å². The first-order valence-corrected chi connectivity index (χ1v) is 7.17. The number of ether oxygens (including phenoxy) is 2. The van der Waals surface area contributed by atoms with E-state index in [1.807, 2.05) is 6.92 Å². The van der Waals surface area contributed by atoms with Gasteiger partial charge in [0.2, 0.25) is 6.41 Å². The standard InChI is InChI=1S/C14H23NO4/c1-3-18-14(17)13(15-8-16)11-6-9(2)19-12(7-11)10-4-5-10/h8-13H,3-7H2,1-2H3,(H,15,16)/t9-,11+,12+,13+/m1/s1. The average Bonchev–Trinajstić information content (AvgIpc) is 3.19. The number of hydrogen-bond acceptors (Lipinski definition) is 4. The Hall–Kier alpha value is -1.10. The van der Waals surface area contributed by atoms with Gasteiger partial charge in [-0.15, -0.1) is 0 Å². The van der Waals surface area contributed by atoms with Gasteiger partial charge in [0, 0.05) is 0 Å². The van der Waals surface area contributed by atoms with Gasteiger partial charge in [-0.25, -0.2) is 4.79 Å². The molecule has 0 spiro atoms. The Kier molecular flexibility index (Phi) is 4.80. The maximum Gasteiger partial charge on any atom is 0.328 e. The van der Waals surface area contributed by atoms with Crippen molar-refractivity contribution in [3.8, 4) is 0 Å². The highest BCUT2D eigenvalue weighted by atomic mass is 16.5. The number of nitrogens with one attached hydrogen (secondary N) is 1. The third-order valence-electron chi connectivity index (χ3n) is 3.98. The van der Waals surface area contributed by atoms with E-state index >= 15 is 0 Å². The summed E-state index contributed by atoms with van der Waals surface area (Å²) in [4.78, 5) is 22.7. The fourth-order valence-electron chi connectivity index (χ4n) is 2.98. The first-order chi connectivity index (χ1) is 9.15. The highest BCUT2D eigenvalue weighted by molar-refractivity contribution is 5.78. The van der Waals surface area contributed by atoms with Gasteiger partial charge in [0.25, 0.3) is 0 Å². The second kappa shape index (κ2) is 6.37. The topological polar surface area (TPSA) is 64.6 Å². The second-order valence-electron chi connectivity index (χ2n) is 5.57. The van der Waals surface area contributed by atoms with E-state index in [-0.39, 0.29) is 24.1 Å². The van der Waals surface area contributed by atoms with Crippen molar-refractivity contribution in [3.05, 3.63) is 0 Å². The van der Waals surface area contributed by atoms with E-state index in [1.54, 1.807) is 6.92 Å². The lowest BCUT2D eigenvalue weighted by Gasteiger charge is -2.37. The maximum absolute atomic E-state index is 11.9. The minimum atomic E-state index is -0.537. The summed E-state index contributed by atoms with van der Waals surface area (Å²) in [5, 5.41) is 2.63. The Morgan fingerprint density at radius 3 is 2.79 bits per heavy atom. The molecule has 1 saturated carbocycles. The van der Waals surface area contributed by atoms with Crippen molar-refractivity contribution in [3.63, 3.8) is 0 Å². The molecule has 5 nitrogen and oxygen atoms in total. The molecule has 4 atom stereocenters. The first kappa shape index (κ1) is 14.3. The van der Waals surface area contributed by atoms with E-state index in [2.05, 4.69) is 5.32 Å². The van der Waals surface area contributed by atoms with Crippen LogP contribution in [0.3, 0.4) is 0 Å². The summed E-state index contributed by atoms with van der Waals surface area (Å²) in [6, 6.07) is -0.537. The van der Waals surface area contributed by atoms with Crippen LogP contribution in [-0.4, -0.2) is 37.2 Å². The lowest BCUT2D eigenvalue weighted by atomic mass is 9.84. The highest BCUT2D eigenvalue weighted by Crippen LogP contribution is 2.41. The Morgan fingerprint density at radius 1 is 1.47 bits per heavy atom. The molecule has 19 heavy (non-hydrogen) atoms. The molecule has 1 heterocycles. The SMILES string of the molecule is CCOC(=O)[C@@H](NC=O)[C@H]1C[C@@H](C)O[C@H](C2CC2)C1. The molecule has 2 rings (SSSR count). The highest BCUT2D eigenvalue weighted by Gasteiger charge is 2.42. The van der Waals surface area contributed by atoms with Gasteiger partial charge in [0.15, 0.2) is 0 Å². The van der Waals surface area contributed by atoms with E-state index in [4.69, 9.17) is 9.47 Å². The third kappa shape index (κ3) is 3.69. The van der Waals surface area contributed by atoms with E-state index in [9.17, 15) is 9.59 Å². The van der Waals surface area contributed by atoms with Crippen molar-refractivity contribution >= 4 is 12.4 Å². The minimum absolute atomic E-state index is 0.110. The van der Waals surface area contributed by atoms with Gasteiger partial charge in [-0.2, -0.15) is 0 Å². The second-order valence-corrected chi connectivity index (χ2v) is 5.57. The zero-order valence-corrected chi connectivity index (χ0v) is 11.6. The predicted molar refractivity (Wildman–Crippen MR) is 69.4 cm³/mol.